The Morgan fingerprint density at radius 1 is 1.12 bits per heavy atom. The first-order valence-electron chi connectivity index (χ1n) is 10.7. The number of hydrogen-bond acceptors (Lipinski definition) is 6. The molecule has 1 fully saturated rings. The average molecular weight is 437 g/mol. The van der Waals surface area contributed by atoms with Gasteiger partial charge in [0.2, 0.25) is 0 Å². The van der Waals surface area contributed by atoms with Gasteiger partial charge < -0.3 is 24.6 Å². The van der Waals surface area contributed by atoms with Crippen molar-refractivity contribution in [3.8, 4) is 17.2 Å². The molecular weight excluding hydrogens is 408 g/mol. The van der Waals surface area contributed by atoms with Crippen molar-refractivity contribution in [1.82, 2.24) is 19.7 Å². The Kier molecular flexibility index (Phi) is 6.44. The lowest BCUT2D eigenvalue weighted by Gasteiger charge is -2.36. The molecule has 1 aliphatic heterocycles. The van der Waals surface area contributed by atoms with Gasteiger partial charge in [0.15, 0.2) is 0 Å². The summed E-state index contributed by atoms with van der Waals surface area (Å²) in [4.78, 5) is 21.0. The van der Waals surface area contributed by atoms with E-state index < -0.39 is 0 Å². The van der Waals surface area contributed by atoms with Crippen molar-refractivity contribution < 1.29 is 14.3 Å². The van der Waals surface area contributed by atoms with Crippen LogP contribution in [0.25, 0.3) is 5.69 Å². The summed E-state index contributed by atoms with van der Waals surface area (Å²) in [6, 6.07) is 13.3. The van der Waals surface area contributed by atoms with E-state index in [-0.39, 0.29) is 6.03 Å². The first kappa shape index (κ1) is 21.5. The van der Waals surface area contributed by atoms with Gasteiger partial charge in [0.1, 0.15) is 29.3 Å². The Balaban J connectivity index is 1.41. The number of benzene rings is 2. The predicted octanol–water partition coefficient (Wildman–Crippen LogP) is 3.34. The number of carbonyl (C=O) groups excluding carboxylic acids is 1. The zero-order valence-corrected chi connectivity index (χ0v) is 18.6. The fraction of sp³-hybridized carbons (Fsp3) is 0.348. The molecule has 9 heteroatoms. The third-order valence-corrected chi connectivity index (χ3v) is 5.35. The van der Waals surface area contributed by atoms with Crippen molar-refractivity contribution in [1.29, 1.82) is 0 Å². The van der Waals surface area contributed by atoms with Crippen LogP contribution < -0.4 is 19.7 Å². The van der Waals surface area contributed by atoms with Crippen LogP contribution in [0, 0.1) is 6.92 Å². The van der Waals surface area contributed by atoms with Gasteiger partial charge >= 0.3 is 6.03 Å². The van der Waals surface area contributed by atoms with Crippen molar-refractivity contribution in [2.24, 2.45) is 0 Å². The summed E-state index contributed by atoms with van der Waals surface area (Å²) in [7, 11) is 1.61. The topological polar surface area (TPSA) is 84.8 Å². The summed E-state index contributed by atoms with van der Waals surface area (Å²) < 4.78 is 12.8. The second-order valence-corrected chi connectivity index (χ2v) is 7.46. The van der Waals surface area contributed by atoms with Crippen LogP contribution in [0.4, 0.5) is 16.2 Å². The summed E-state index contributed by atoms with van der Waals surface area (Å²) in [6.45, 7) is 7.10. The maximum absolute atomic E-state index is 12.7. The van der Waals surface area contributed by atoms with Crippen molar-refractivity contribution in [3.05, 3.63) is 54.6 Å². The molecular formula is C23H28N6O3. The number of amides is 2. The highest BCUT2D eigenvalue weighted by Crippen LogP contribution is 2.29. The Bertz CT molecular complexity index is 1080. The molecule has 0 bridgehead atoms. The van der Waals surface area contributed by atoms with E-state index in [1.807, 2.05) is 55.1 Å². The number of urea groups is 1. The van der Waals surface area contributed by atoms with Crippen LogP contribution in [0.3, 0.4) is 0 Å². The third kappa shape index (κ3) is 4.77. The number of nitrogens with zero attached hydrogens (tertiary/aromatic N) is 5. The van der Waals surface area contributed by atoms with Gasteiger partial charge in [0.05, 0.1) is 13.7 Å². The summed E-state index contributed by atoms with van der Waals surface area (Å²) in [5.41, 5.74) is 2.63. The summed E-state index contributed by atoms with van der Waals surface area (Å²) >= 11 is 0. The van der Waals surface area contributed by atoms with Crippen LogP contribution in [0.15, 0.2) is 48.8 Å². The normalized spacial score (nSPS) is 13.7. The van der Waals surface area contributed by atoms with Gasteiger partial charge in [-0.15, -0.1) is 0 Å². The molecule has 2 aromatic carbocycles. The molecule has 0 spiro atoms. The van der Waals surface area contributed by atoms with Gasteiger partial charge in [0.25, 0.3) is 0 Å². The van der Waals surface area contributed by atoms with Gasteiger partial charge in [-0.05, 0) is 38.1 Å². The molecule has 32 heavy (non-hydrogen) atoms. The van der Waals surface area contributed by atoms with E-state index in [2.05, 4.69) is 26.4 Å². The maximum atomic E-state index is 12.7. The second-order valence-electron chi connectivity index (χ2n) is 7.46. The number of rotatable bonds is 6. The number of carbonyl (C=O) groups is 1. The Morgan fingerprint density at radius 2 is 1.94 bits per heavy atom. The van der Waals surface area contributed by atoms with E-state index in [9.17, 15) is 4.79 Å². The van der Waals surface area contributed by atoms with Gasteiger partial charge in [-0.3, -0.25) is 0 Å². The second kappa shape index (κ2) is 9.59. The number of methoxy groups -OCH3 is 1. The molecule has 2 heterocycles. The van der Waals surface area contributed by atoms with Crippen LogP contribution in [0.5, 0.6) is 11.5 Å². The molecule has 0 aliphatic carbocycles. The Hall–Kier alpha value is -3.75. The van der Waals surface area contributed by atoms with Crippen LogP contribution in [-0.2, 0) is 0 Å². The zero-order chi connectivity index (χ0) is 22.5. The number of aryl methyl sites for hydroxylation is 1. The first-order valence-corrected chi connectivity index (χ1v) is 10.7. The summed E-state index contributed by atoms with van der Waals surface area (Å²) in [5, 5.41) is 7.34. The molecule has 0 radical (unpaired) electrons. The molecule has 1 N–H and O–H groups in total. The first-order chi connectivity index (χ1) is 15.6. The zero-order valence-electron chi connectivity index (χ0n) is 18.6. The quantitative estimate of drug-likeness (QED) is 0.638. The minimum Gasteiger partial charge on any atom is -0.497 e. The molecule has 2 amide bonds. The number of hydrogen-bond donors (Lipinski definition) is 1. The van der Waals surface area contributed by atoms with Crippen LogP contribution >= 0.6 is 0 Å². The summed E-state index contributed by atoms with van der Waals surface area (Å²) in [6.07, 6.45) is 1.69. The monoisotopic (exact) mass is 436 g/mol. The SMILES string of the molecule is CCOc1cc(N2CCN(C(=O)Nc3cccc(OC)c3)CC2)ccc1-n1cnc(C)n1. The van der Waals surface area contributed by atoms with Gasteiger partial charge in [-0.25, -0.2) is 14.5 Å². The van der Waals surface area contributed by atoms with Crippen LogP contribution in [0.2, 0.25) is 0 Å². The molecule has 1 aromatic heterocycles. The highest BCUT2D eigenvalue weighted by molar-refractivity contribution is 5.89. The molecule has 0 saturated carbocycles. The third-order valence-electron chi connectivity index (χ3n) is 5.35. The predicted molar refractivity (Wildman–Crippen MR) is 123 cm³/mol. The minimum atomic E-state index is -0.107. The lowest BCUT2D eigenvalue weighted by atomic mass is 10.2. The van der Waals surface area contributed by atoms with Crippen LogP contribution in [-0.4, -0.2) is 65.6 Å². The van der Waals surface area contributed by atoms with E-state index in [1.165, 1.54) is 0 Å². The lowest BCUT2D eigenvalue weighted by molar-refractivity contribution is 0.208. The number of anilines is 2. The maximum Gasteiger partial charge on any atom is 0.321 e. The molecule has 9 nitrogen and oxygen atoms in total. The smallest absolute Gasteiger partial charge is 0.321 e. The van der Waals surface area contributed by atoms with E-state index in [0.29, 0.717) is 31.3 Å². The van der Waals surface area contributed by atoms with Crippen molar-refractivity contribution >= 4 is 17.4 Å². The molecule has 1 aliphatic rings. The van der Waals surface area contributed by atoms with E-state index in [0.717, 1.165) is 35.9 Å². The van der Waals surface area contributed by atoms with Crippen molar-refractivity contribution in [2.45, 2.75) is 13.8 Å². The average Bonchev–Trinajstić information content (AvgIpc) is 3.25. The number of piperazine rings is 1. The Morgan fingerprint density at radius 3 is 2.62 bits per heavy atom. The van der Waals surface area contributed by atoms with Gasteiger partial charge in [-0.2, -0.15) is 5.10 Å². The number of ether oxygens (including phenoxy) is 2. The highest BCUT2D eigenvalue weighted by Gasteiger charge is 2.22. The number of aromatic nitrogens is 3. The summed E-state index contributed by atoms with van der Waals surface area (Å²) in [5.74, 6) is 2.18. The van der Waals surface area contributed by atoms with E-state index in [4.69, 9.17) is 9.47 Å². The van der Waals surface area contributed by atoms with Crippen molar-refractivity contribution in [2.75, 3.05) is 50.1 Å². The molecule has 4 rings (SSSR count). The molecule has 1 saturated heterocycles. The molecule has 0 atom stereocenters. The lowest BCUT2D eigenvalue weighted by Crippen LogP contribution is -2.50. The van der Waals surface area contributed by atoms with Gasteiger partial charge in [-0.1, -0.05) is 6.07 Å². The Labute approximate surface area is 187 Å². The van der Waals surface area contributed by atoms with Crippen molar-refractivity contribution in [3.63, 3.8) is 0 Å². The fourth-order valence-electron chi connectivity index (χ4n) is 3.69. The molecule has 3 aromatic rings. The van der Waals surface area contributed by atoms with Gasteiger partial charge in [0, 0.05) is 49.7 Å². The number of nitrogens with one attached hydrogen (secondary N) is 1. The minimum absolute atomic E-state index is 0.107. The molecule has 0 unspecified atom stereocenters. The van der Waals surface area contributed by atoms with Crippen LogP contribution in [0.1, 0.15) is 12.7 Å². The molecule has 168 valence electrons. The largest absolute Gasteiger partial charge is 0.497 e. The standard InChI is InChI=1S/C23H28N6O3/c1-4-32-22-15-19(8-9-21(22)29-16-24-17(2)26-29)27-10-12-28(13-11-27)23(30)25-18-6-5-7-20(14-18)31-3/h5-9,14-16H,4,10-13H2,1-3H3,(H,25,30). The van der Waals surface area contributed by atoms with E-state index >= 15 is 0 Å². The highest BCUT2D eigenvalue weighted by atomic mass is 16.5. The van der Waals surface area contributed by atoms with E-state index in [1.54, 1.807) is 18.1 Å². The fourth-order valence-corrected chi connectivity index (χ4v) is 3.69.